The van der Waals surface area contributed by atoms with Crippen LogP contribution in [0.5, 0.6) is 0 Å². The van der Waals surface area contributed by atoms with Crippen molar-refractivity contribution < 1.29 is 0 Å². The molecule has 6 heteroatoms. The van der Waals surface area contributed by atoms with Crippen LogP contribution < -0.4 is 10.6 Å². The van der Waals surface area contributed by atoms with Gasteiger partial charge in [-0.1, -0.05) is 48.0 Å². The van der Waals surface area contributed by atoms with Crippen LogP contribution in [-0.4, -0.2) is 42.1 Å². The first-order valence-electron chi connectivity index (χ1n) is 8.88. The number of aromatic nitrogens is 2. The third-order valence-corrected chi connectivity index (χ3v) is 4.56. The molecule has 0 unspecified atom stereocenters. The second kappa shape index (κ2) is 8.84. The summed E-state index contributed by atoms with van der Waals surface area (Å²) in [4.78, 5) is 11.5. The number of halogens is 1. The zero-order valence-corrected chi connectivity index (χ0v) is 16.6. The molecule has 3 aromatic rings. The van der Waals surface area contributed by atoms with Gasteiger partial charge in [0.25, 0.3) is 0 Å². The van der Waals surface area contributed by atoms with E-state index in [-0.39, 0.29) is 0 Å². The van der Waals surface area contributed by atoms with Gasteiger partial charge in [0.1, 0.15) is 11.6 Å². The minimum Gasteiger partial charge on any atom is -0.369 e. The Morgan fingerprint density at radius 1 is 0.963 bits per heavy atom. The Balaban J connectivity index is 1.92. The molecule has 0 atom stereocenters. The second-order valence-corrected chi connectivity index (χ2v) is 7.00. The topological polar surface area (TPSA) is 53.1 Å². The van der Waals surface area contributed by atoms with Crippen LogP contribution in [0, 0.1) is 6.92 Å². The van der Waals surface area contributed by atoms with E-state index < -0.39 is 0 Å². The van der Waals surface area contributed by atoms with Gasteiger partial charge in [-0.2, -0.15) is 0 Å². The van der Waals surface area contributed by atoms with E-state index in [1.165, 1.54) is 0 Å². The van der Waals surface area contributed by atoms with Gasteiger partial charge in [-0.05, 0) is 38.7 Å². The number of nitrogens with zero attached hydrogens (tertiary/aromatic N) is 3. The first kappa shape index (κ1) is 19.1. The highest BCUT2D eigenvalue weighted by atomic mass is 35.5. The third kappa shape index (κ3) is 5.18. The fourth-order valence-electron chi connectivity index (χ4n) is 2.61. The SMILES string of the molecule is Cc1c(Cl)cccc1Nc1cc(NCCN(C)C)nc(-c2ccccc2)n1. The van der Waals surface area contributed by atoms with Gasteiger partial charge in [0, 0.05) is 35.4 Å². The van der Waals surface area contributed by atoms with Crippen molar-refractivity contribution in [3.05, 3.63) is 65.2 Å². The molecule has 3 rings (SSSR count). The number of rotatable bonds is 7. The summed E-state index contributed by atoms with van der Waals surface area (Å²) < 4.78 is 0. The molecule has 1 heterocycles. The van der Waals surface area contributed by atoms with Crippen molar-refractivity contribution in [3.8, 4) is 11.4 Å². The van der Waals surface area contributed by atoms with Crippen LogP contribution in [0.25, 0.3) is 11.4 Å². The van der Waals surface area contributed by atoms with Crippen LogP contribution in [-0.2, 0) is 0 Å². The van der Waals surface area contributed by atoms with E-state index in [9.17, 15) is 0 Å². The lowest BCUT2D eigenvalue weighted by Crippen LogP contribution is -2.21. The van der Waals surface area contributed by atoms with E-state index >= 15 is 0 Å². The Morgan fingerprint density at radius 2 is 1.70 bits per heavy atom. The number of hydrogen-bond donors (Lipinski definition) is 2. The van der Waals surface area contributed by atoms with Crippen molar-refractivity contribution in [1.82, 2.24) is 14.9 Å². The summed E-state index contributed by atoms with van der Waals surface area (Å²) in [6, 6.07) is 17.7. The normalized spacial score (nSPS) is 10.9. The van der Waals surface area contributed by atoms with Crippen LogP contribution in [0.3, 0.4) is 0 Å². The lowest BCUT2D eigenvalue weighted by atomic mass is 10.2. The van der Waals surface area contributed by atoms with Gasteiger partial charge in [-0.3, -0.25) is 0 Å². The zero-order chi connectivity index (χ0) is 19.2. The molecular weight excluding hydrogens is 358 g/mol. The number of nitrogens with one attached hydrogen (secondary N) is 2. The fraction of sp³-hybridized carbons (Fsp3) is 0.238. The summed E-state index contributed by atoms with van der Waals surface area (Å²) in [6.07, 6.45) is 0. The van der Waals surface area contributed by atoms with E-state index in [1.54, 1.807) is 0 Å². The average Bonchev–Trinajstić information content (AvgIpc) is 2.66. The molecule has 0 saturated heterocycles. The van der Waals surface area contributed by atoms with Gasteiger partial charge >= 0.3 is 0 Å². The quantitative estimate of drug-likeness (QED) is 0.614. The molecule has 0 spiro atoms. The molecule has 2 aromatic carbocycles. The minimum atomic E-state index is 0.674. The molecule has 0 fully saturated rings. The van der Waals surface area contributed by atoms with E-state index in [1.807, 2.05) is 75.6 Å². The Morgan fingerprint density at radius 3 is 2.44 bits per heavy atom. The molecule has 2 N–H and O–H groups in total. The van der Waals surface area contributed by atoms with Gasteiger partial charge in [0.2, 0.25) is 0 Å². The molecule has 0 aliphatic rings. The standard InChI is InChI=1S/C21H24ClN5/c1-15-17(22)10-7-11-18(15)24-20-14-19(23-12-13-27(2)3)25-21(26-20)16-8-5-4-6-9-16/h4-11,14H,12-13H2,1-3H3,(H2,23,24,25,26). The van der Waals surface area contributed by atoms with Crippen LogP contribution in [0.2, 0.25) is 5.02 Å². The first-order valence-corrected chi connectivity index (χ1v) is 9.26. The van der Waals surface area contributed by atoms with Crippen molar-refractivity contribution in [2.24, 2.45) is 0 Å². The predicted molar refractivity (Wildman–Crippen MR) is 114 cm³/mol. The monoisotopic (exact) mass is 381 g/mol. The zero-order valence-electron chi connectivity index (χ0n) is 15.8. The van der Waals surface area contributed by atoms with Crippen LogP contribution >= 0.6 is 11.6 Å². The summed E-state index contributed by atoms with van der Waals surface area (Å²) in [5, 5.41) is 7.48. The molecule has 140 valence electrons. The maximum atomic E-state index is 6.25. The molecule has 0 saturated carbocycles. The molecule has 0 bridgehead atoms. The molecular formula is C21H24ClN5. The minimum absolute atomic E-state index is 0.674. The molecule has 0 aliphatic carbocycles. The first-order chi connectivity index (χ1) is 13.0. The highest BCUT2D eigenvalue weighted by Crippen LogP contribution is 2.27. The Hall–Kier alpha value is -2.63. The van der Waals surface area contributed by atoms with Gasteiger partial charge in [-0.25, -0.2) is 9.97 Å². The molecule has 1 aromatic heterocycles. The number of likely N-dealkylation sites (N-methyl/N-ethyl adjacent to an activating group) is 1. The Labute approximate surface area is 165 Å². The van der Waals surface area contributed by atoms with Crippen molar-refractivity contribution in [2.75, 3.05) is 37.8 Å². The number of benzene rings is 2. The maximum absolute atomic E-state index is 6.25. The third-order valence-electron chi connectivity index (χ3n) is 4.15. The molecule has 0 amide bonds. The summed E-state index contributed by atoms with van der Waals surface area (Å²) in [6.45, 7) is 3.70. The lowest BCUT2D eigenvalue weighted by Gasteiger charge is -2.14. The Kier molecular flexibility index (Phi) is 6.27. The highest BCUT2D eigenvalue weighted by molar-refractivity contribution is 6.31. The largest absolute Gasteiger partial charge is 0.369 e. The number of hydrogen-bond acceptors (Lipinski definition) is 5. The van der Waals surface area contributed by atoms with Crippen LogP contribution in [0.1, 0.15) is 5.56 Å². The van der Waals surface area contributed by atoms with Crippen molar-refractivity contribution in [1.29, 1.82) is 0 Å². The number of anilines is 3. The molecule has 27 heavy (non-hydrogen) atoms. The highest BCUT2D eigenvalue weighted by Gasteiger charge is 2.09. The summed E-state index contributed by atoms with van der Waals surface area (Å²) in [7, 11) is 4.10. The van der Waals surface area contributed by atoms with Gasteiger partial charge in [0.05, 0.1) is 0 Å². The second-order valence-electron chi connectivity index (χ2n) is 6.60. The van der Waals surface area contributed by atoms with Gasteiger partial charge < -0.3 is 15.5 Å². The summed E-state index contributed by atoms with van der Waals surface area (Å²) >= 11 is 6.25. The van der Waals surface area contributed by atoms with E-state index in [0.29, 0.717) is 5.82 Å². The average molecular weight is 382 g/mol. The van der Waals surface area contributed by atoms with E-state index in [4.69, 9.17) is 16.6 Å². The maximum Gasteiger partial charge on any atom is 0.163 e. The van der Waals surface area contributed by atoms with E-state index in [2.05, 4.69) is 20.5 Å². The fourth-order valence-corrected chi connectivity index (χ4v) is 2.78. The summed E-state index contributed by atoms with van der Waals surface area (Å²) in [5.74, 6) is 2.18. The van der Waals surface area contributed by atoms with Crippen LogP contribution in [0.15, 0.2) is 54.6 Å². The van der Waals surface area contributed by atoms with Crippen molar-refractivity contribution >= 4 is 28.9 Å². The van der Waals surface area contributed by atoms with Crippen molar-refractivity contribution in [2.45, 2.75) is 6.92 Å². The van der Waals surface area contributed by atoms with E-state index in [0.717, 1.165) is 46.6 Å². The Bertz CT molecular complexity index is 896. The van der Waals surface area contributed by atoms with Gasteiger partial charge in [-0.15, -0.1) is 0 Å². The molecule has 0 radical (unpaired) electrons. The van der Waals surface area contributed by atoms with Crippen molar-refractivity contribution in [3.63, 3.8) is 0 Å². The smallest absolute Gasteiger partial charge is 0.163 e. The molecule has 5 nitrogen and oxygen atoms in total. The van der Waals surface area contributed by atoms with Gasteiger partial charge in [0.15, 0.2) is 5.82 Å². The predicted octanol–water partition coefficient (Wildman–Crippen LogP) is 4.82. The summed E-state index contributed by atoms with van der Waals surface area (Å²) in [5.41, 5.74) is 2.89. The molecule has 0 aliphatic heterocycles. The lowest BCUT2D eigenvalue weighted by molar-refractivity contribution is 0.425. The van der Waals surface area contributed by atoms with Crippen LogP contribution in [0.4, 0.5) is 17.3 Å².